The SMILES string of the molecule is C=CCCOCCNc1cnn(CCOC)c(=O)c1Br. The van der Waals surface area contributed by atoms with Gasteiger partial charge in [-0.3, -0.25) is 4.79 Å². The molecule has 0 unspecified atom stereocenters. The fraction of sp³-hybridized carbons (Fsp3) is 0.538. The molecule has 20 heavy (non-hydrogen) atoms. The van der Waals surface area contributed by atoms with Gasteiger partial charge in [0.15, 0.2) is 0 Å². The smallest absolute Gasteiger partial charge is 0.283 e. The zero-order valence-corrected chi connectivity index (χ0v) is 13.2. The molecule has 0 saturated heterocycles. The molecule has 0 spiro atoms. The van der Waals surface area contributed by atoms with Crippen LogP contribution in [0.3, 0.4) is 0 Å². The third-order valence-electron chi connectivity index (χ3n) is 2.52. The van der Waals surface area contributed by atoms with Crippen LogP contribution < -0.4 is 10.9 Å². The standard InChI is InChI=1S/C13H20BrN3O3/c1-3-4-7-20-8-5-15-11-10-16-17(6-9-19-2)13(18)12(11)14/h3,10,15H,1,4-9H2,2H3. The van der Waals surface area contributed by atoms with Crippen molar-refractivity contribution in [1.29, 1.82) is 0 Å². The molecular weight excluding hydrogens is 326 g/mol. The molecular formula is C13H20BrN3O3. The highest BCUT2D eigenvalue weighted by molar-refractivity contribution is 9.10. The first-order chi connectivity index (χ1) is 9.70. The van der Waals surface area contributed by atoms with Gasteiger partial charge in [-0.25, -0.2) is 4.68 Å². The van der Waals surface area contributed by atoms with Gasteiger partial charge >= 0.3 is 0 Å². The number of anilines is 1. The summed E-state index contributed by atoms with van der Waals surface area (Å²) >= 11 is 3.29. The highest BCUT2D eigenvalue weighted by Gasteiger charge is 2.08. The molecule has 7 heteroatoms. The highest BCUT2D eigenvalue weighted by atomic mass is 79.9. The fourth-order valence-corrected chi connectivity index (χ4v) is 1.90. The lowest BCUT2D eigenvalue weighted by molar-refractivity contribution is 0.149. The predicted octanol–water partition coefficient (Wildman–Crippen LogP) is 1.66. The number of halogens is 1. The van der Waals surface area contributed by atoms with Crippen molar-refractivity contribution in [2.75, 3.05) is 38.8 Å². The Labute approximate surface area is 126 Å². The molecule has 1 N–H and O–H groups in total. The number of rotatable bonds is 10. The Morgan fingerprint density at radius 3 is 3.00 bits per heavy atom. The Kier molecular flexibility index (Phi) is 8.17. The second kappa shape index (κ2) is 9.68. The van der Waals surface area contributed by atoms with E-state index in [9.17, 15) is 4.79 Å². The summed E-state index contributed by atoms with van der Waals surface area (Å²) < 4.78 is 12.1. The first kappa shape index (κ1) is 16.9. The highest BCUT2D eigenvalue weighted by Crippen LogP contribution is 2.15. The van der Waals surface area contributed by atoms with Crippen LogP contribution in [-0.2, 0) is 16.0 Å². The summed E-state index contributed by atoms with van der Waals surface area (Å²) in [5.41, 5.74) is 0.482. The number of hydrogen-bond acceptors (Lipinski definition) is 5. The molecule has 112 valence electrons. The molecule has 1 heterocycles. The maximum Gasteiger partial charge on any atom is 0.283 e. The van der Waals surface area contributed by atoms with Gasteiger partial charge in [0.25, 0.3) is 5.56 Å². The van der Waals surface area contributed by atoms with E-state index >= 15 is 0 Å². The molecule has 0 atom stereocenters. The summed E-state index contributed by atoms with van der Waals surface area (Å²) in [6.07, 6.45) is 4.26. The molecule has 0 amide bonds. The third-order valence-corrected chi connectivity index (χ3v) is 3.29. The summed E-state index contributed by atoms with van der Waals surface area (Å²) in [4.78, 5) is 12.0. The van der Waals surface area contributed by atoms with Gasteiger partial charge in [0.1, 0.15) is 4.47 Å². The van der Waals surface area contributed by atoms with Crippen molar-refractivity contribution >= 4 is 21.6 Å². The van der Waals surface area contributed by atoms with E-state index in [2.05, 4.69) is 32.9 Å². The number of aromatic nitrogens is 2. The predicted molar refractivity (Wildman–Crippen MR) is 82.2 cm³/mol. The molecule has 0 radical (unpaired) electrons. The zero-order chi connectivity index (χ0) is 14.8. The number of hydrogen-bond donors (Lipinski definition) is 1. The summed E-state index contributed by atoms with van der Waals surface area (Å²) in [5, 5.41) is 7.19. The third kappa shape index (κ3) is 5.44. The summed E-state index contributed by atoms with van der Waals surface area (Å²) in [6.45, 7) is 6.33. The van der Waals surface area contributed by atoms with E-state index in [0.29, 0.717) is 43.1 Å². The van der Waals surface area contributed by atoms with E-state index in [-0.39, 0.29) is 5.56 Å². The average Bonchev–Trinajstić information content (AvgIpc) is 2.46. The molecule has 1 rings (SSSR count). The minimum atomic E-state index is -0.181. The Bertz CT molecular complexity index is 476. The summed E-state index contributed by atoms with van der Waals surface area (Å²) in [5.74, 6) is 0. The van der Waals surface area contributed by atoms with Gasteiger partial charge in [0.2, 0.25) is 0 Å². The lowest BCUT2D eigenvalue weighted by Gasteiger charge is -2.10. The lowest BCUT2D eigenvalue weighted by atomic mass is 10.4. The second-order valence-electron chi connectivity index (χ2n) is 4.01. The largest absolute Gasteiger partial charge is 0.383 e. The minimum absolute atomic E-state index is 0.181. The summed E-state index contributed by atoms with van der Waals surface area (Å²) in [7, 11) is 1.59. The van der Waals surface area contributed by atoms with E-state index in [1.807, 2.05) is 6.08 Å². The number of methoxy groups -OCH3 is 1. The normalized spacial score (nSPS) is 10.5. The van der Waals surface area contributed by atoms with E-state index < -0.39 is 0 Å². The topological polar surface area (TPSA) is 65.4 Å². The zero-order valence-electron chi connectivity index (χ0n) is 11.6. The minimum Gasteiger partial charge on any atom is -0.383 e. The Hall–Kier alpha value is -1.18. The summed E-state index contributed by atoms with van der Waals surface area (Å²) in [6, 6.07) is 0. The van der Waals surface area contributed by atoms with Crippen molar-refractivity contribution < 1.29 is 9.47 Å². The fourth-order valence-electron chi connectivity index (χ4n) is 1.45. The molecule has 0 aliphatic rings. The van der Waals surface area contributed by atoms with E-state index in [1.165, 1.54) is 4.68 Å². The van der Waals surface area contributed by atoms with Crippen LogP contribution in [0.2, 0.25) is 0 Å². The maximum absolute atomic E-state index is 12.0. The van der Waals surface area contributed by atoms with E-state index in [1.54, 1.807) is 13.3 Å². The maximum atomic E-state index is 12.0. The second-order valence-corrected chi connectivity index (χ2v) is 4.80. The van der Waals surface area contributed by atoms with E-state index in [0.717, 1.165) is 6.42 Å². The first-order valence-corrected chi connectivity index (χ1v) is 7.17. The van der Waals surface area contributed by atoms with Gasteiger partial charge in [-0.1, -0.05) is 6.08 Å². The molecule has 0 bridgehead atoms. The van der Waals surface area contributed by atoms with Gasteiger partial charge < -0.3 is 14.8 Å². The van der Waals surface area contributed by atoms with Crippen molar-refractivity contribution in [3.05, 3.63) is 33.7 Å². The molecule has 0 aliphatic heterocycles. The Morgan fingerprint density at radius 2 is 2.30 bits per heavy atom. The van der Waals surface area contributed by atoms with Gasteiger partial charge in [-0.05, 0) is 22.4 Å². The van der Waals surface area contributed by atoms with Crippen molar-refractivity contribution in [3.63, 3.8) is 0 Å². The van der Waals surface area contributed by atoms with Crippen molar-refractivity contribution in [2.24, 2.45) is 0 Å². The van der Waals surface area contributed by atoms with Crippen LogP contribution in [0.1, 0.15) is 6.42 Å². The van der Waals surface area contributed by atoms with Crippen LogP contribution in [-0.4, -0.2) is 43.3 Å². The molecule has 0 aromatic carbocycles. The van der Waals surface area contributed by atoms with Gasteiger partial charge in [-0.15, -0.1) is 6.58 Å². The monoisotopic (exact) mass is 345 g/mol. The Balaban J connectivity index is 2.48. The number of nitrogens with zero attached hydrogens (tertiary/aromatic N) is 2. The van der Waals surface area contributed by atoms with Gasteiger partial charge in [-0.2, -0.15) is 5.10 Å². The van der Waals surface area contributed by atoms with Crippen LogP contribution in [0.15, 0.2) is 28.1 Å². The molecule has 0 saturated carbocycles. The van der Waals surface area contributed by atoms with Crippen LogP contribution >= 0.6 is 15.9 Å². The quantitative estimate of drug-likeness (QED) is 0.516. The number of nitrogens with one attached hydrogen (secondary N) is 1. The van der Waals surface area contributed by atoms with Gasteiger partial charge in [0.05, 0.1) is 38.2 Å². The van der Waals surface area contributed by atoms with Crippen LogP contribution in [0.4, 0.5) is 5.69 Å². The van der Waals surface area contributed by atoms with Crippen LogP contribution in [0, 0.1) is 0 Å². The average molecular weight is 346 g/mol. The molecule has 1 aromatic rings. The lowest BCUT2D eigenvalue weighted by Crippen LogP contribution is -2.26. The molecule has 6 nitrogen and oxygen atoms in total. The van der Waals surface area contributed by atoms with E-state index in [4.69, 9.17) is 9.47 Å². The van der Waals surface area contributed by atoms with Crippen molar-refractivity contribution in [1.82, 2.24) is 9.78 Å². The number of ether oxygens (including phenoxy) is 2. The van der Waals surface area contributed by atoms with Crippen molar-refractivity contribution in [2.45, 2.75) is 13.0 Å². The first-order valence-electron chi connectivity index (χ1n) is 6.37. The molecule has 0 fully saturated rings. The molecule has 0 aliphatic carbocycles. The van der Waals surface area contributed by atoms with Gasteiger partial charge in [0, 0.05) is 13.7 Å². The molecule has 1 aromatic heterocycles. The van der Waals surface area contributed by atoms with Crippen LogP contribution in [0.5, 0.6) is 0 Å². The Morgan fingerprint density at radius 1 is 1.50 bits per heavy atom. The van der Waals surface area contributed by atoms with Crippen LogP contribution in [0.25, 0.3) is 0 Å². The van der Waals surface area contributed by atoms with Crippen molar-refractivity contribution in [3.8, 4) is 0 Å².